The minimum absolute atomic E-state index is 0.125. The van der Waals surface area contributed by atoms with Gasteiger partial charge in [-0.1, -0.05) is 30.3 Å². The third-order valence-corrected chi connectivity index (χ3v) is 5.76. The Morgan fingerprint density at radius 2 is 1.88 bits per heavy atom. The molecular formula is C19H19BrN2O2S. The van der Waals surface area contributed by atoms with E-state index < -0.39 is 5.92 Å². The van der Waals surface area contributed by atoms with E-state index in [0.717, 1.165) is 15.9 Å². The molecule has 2 aromatic rings. The van der Waals surface area contributed by atoms with E-state index in [4.69, 9.17) is 0 Å². The van der Waals surface area contributed by atoms with E-state index in [0.29, 0.717) is 19.5 Å². The molecule has 0 bridgehead atoms. The van der Waals surface area contributed by atoms with Crippen LogP contribution in [0.5, 0.6) is 0 Å². The lowest BCUT2D eigenvalue weighted by Gasteiger charge is -2.18. The molecule has 1 aliphatic heterocycles. The highest BCUT2D eigenvalue weighted by atomic mass is 79.9. The fourth-order valence-corrected chi connectivity index (χ4v) is 4.10. The van der Waals surface area contributed by atoms with Crippen LogP contribution in [0.15, 0.2) is 64.0 Å². The van der Waals surface area contributed by atoms with Crippen molar-refractivity contribution in [3.8, 4) is 0 Å². The number of benzene rings is 2. The molecule has 0 radical (unpaired) electrons. The summed E-state index contributed by atoms with van der Waals surface area (Å²) in [4.78, 5) is 27.8. The maximum absolute atomic E-state index is 12.6. The van der Waals surface area contributed by atoms with Crippen LogP contribution in [-0.4, -0.2) is 30.7 Å². The van der Waals surface area contributed by atoms with Crippen LogP contribution in [0.25, 0.3) is 0 Å². The molecule has 1 aliphatic rings. The number of nitrogens with zero attached hydrogens (tertiary/aromatic N) is 1. The van der Waals surface area contributed by atoms with Gasteiger partial charge in [0.2, 0.25) is 11.8 Å². The third-order valence-electron chi connectivity index (χ3n) is 4.08. The molecular weight excluding hydrogens is 400 g/mol. The summed E-state index contributed by atoms with van der Waals surface area (Å²) < 4.78 is 0.865. The summed E-state index contributed by atoms with van der Waals surface area (Å²) in [6.45, 7) is 1.12. The van der Waals surface area contributed by atoms with Crippen molar-refractivity contribution in [3.63, 3.8) is 0 Å². The van der Waals surface area contributed by atoms with Gasteiger partial charge in [-0.15, -0.1) is 11.8 Å². The van der Waals surface area contributed by atoms with Gasteiger partial charge < -0.3 is 10.2 Å². The molecule has 0 spiro atoms. The largest absolute Gasteiger partial charge is 0.355 e. The molecule has 1 heterocycles. The predicted molar refractivity (Wildman–Crippen MR) is 105 cm³/mol. The zero-order chi connectivity index (χ0) is 17.6. The molecule has 1 fully saturated rings. The lowest BCUT2D eigenvalue weighted by Crippen LogP contribution is -2.37. The number of halogens is 1. The van der Waals surface area contributed by atoms with Gasteiger partial charge in [-0.2, -0.15) is 0 Å². The van der Waals surface area contributed by atoms with Crippen LogP contribution in [0, 0.1) is 5.92 Å². The maximum Gasteiger partial charge on any atom is 0.239 e. The van der Waals surface area contributed by atoms with Crippen LogP contribution in [-0.2, 0) is 9.59 Å². The topological polar surface area (TPSA) is 49.4 Å². The normalized spacial score (nSPS) is 16.9. The molecule has 1 saturated heterocycles. The number of nitrogens with one attached hydrogen (secondary N) is 1. The van der Waals surface area contributed by atoms with E-state index in [1.807, 2.05) is 54.6 Å². The minimum Gasteiger partial charge on any atom is -0.355 e. The van der Waals surface area contributed by atoms with Gasteiger partial charge in [0, 0.05) is 28.2 Å². The van der Waals surface area contributed by atoms with Crippen molar-refractivity contribution >= 4 is 45.2 Å². The fourth-order valence-electron chi connectivity index (χ4n) is 2.82. The Balaban J connectivity index is 1.50. The van der Waals surface area contributed by atoms with Gasteiger partial charge >= 0.3 is 0 Å². The fraction of sp³-hybridized carbons (Fsp3) is 0.263. The number of thioether (sulfide) groups is 1. The smallest absolute Gasteiger partial charge is 0.239 e. The van der Waals surface area contributed by atoms with Gasteiger partial charge in [0.15, 0.2) is 0 Å². The van der Waals surface area contributed by atoms with E-state index in [1.54, 1.807) is 16.7 Å². The number of amides is 2. The molecule has 6 heteroatoms. The third kappa shape index (κ3) is 4.44. The summed E-state index contributed by atoms with van der Waals surface area (Å²) >= 11 is 5.16. The van der Waals surface area contributed by atoms with Crippen molar-refractivity contribution in [2.45, 2.75) is 11.3 Å². The highest BCUT2D eigenvalue weighted by Gasteiger charge is 2.37. The number of carbonyl (C=O) groups excluding carboxylic acids is 2. The molecule has 1 atom stereocenters. The molecule has 0 aliphatic carbocycles. The Kier molecular flexibility index (Phi) is 6.15. The first-order chi connectivity index (χ1) is 12.2. The maximum atomic E-state index is 12.6. The van der Waals surface area contributed by atoms with Gasteiger partial charge in [0.1, 0.15) is 5.92 Å². The van der Waals surface area contributed by atoms with E-state index in [9.17, 15) is 9.59 Å². The molecule has 0 saturated carbocycles. The lowest BCUT2D eigenvalue weighted by molar-refractivity contribution is -0.132. The Hall–Kier alpha value is -1.79. The van der Waals surface area contributed by atoms with Crippen molar-refractivity contribution < 1.29 is 9.59 Å². The molecule has 130 valence electrons. The van der Waals surface area contributed by atoms with Crippen molar-refractivity contribution in [2.75, 3.05) is 23.7 Å². The van der Waals surface area contributed by atoms with Crippen molar-refractivity contribution in [1.82, 2.24) is 5.32 Å². The van der Waals surface area contributed by atoms with E-state index in [2.05, 4.69) is 21.2 Å². The number of rotatable bonds is 6. The summed E-state index contributed by atoms with van der Waals surface area (Å²) in [5.74, 6) is -0.105. The Morgan fingerprint density at radius 1 is 1.16 bits per heavy atom. The second kappa shape index (κ2) is 8.54. The van der Waals surface area contributed by atoms with E-state index >= 15 is 0 Å². The second-order valence-electron chi connectivity index (χ2n) is 5.74. The van der Waals surface area contributed by atoms with Crippen LogP contribution in [0.3, 0.4) is 0 Å². The highest BCUT2D eigenvalue weighted by Crippen LogP contribution is 2.31. The second-order valence-corrected chi connectivity index (χ2v) is 7.76. The van der Waals surface area contributed by atoms with Gasteiger partial charge in [-0.3, -0.25) is 9.59 Å². The Morgan fingerprint density at radius 3 is 2.64 bits per heavy atom. The van der Waals surface area contributed by atoms with E-state index in [-0.39, 0.29) is 11.8 Å². The van der Waals surface area contributed by atoms with Crippen molar-refractivity contribution in [3.05, 3.63) is 59.1 Å². The number of carbonyl (C=O) groups is 2. The van der Waals surface area contributed by atoms with Gasteiger partial charge in [-0.05, 0) is 46.6 Å². The van der Waals surface area contributed by atoms with Crippen molar-refractivity contribution in [2.24, 2.45) is 5.92 Å². The molecule has 3 rings (SSSR count). The SMILES string of the molecule is O=C(NCCSc1ccccc1)C1CCN(c2ccccc2Br)C1=O. The number of para-hydroxylation sites is 1. The zero-order valence-corrected chi connectivity index (χ0v) is 16.1. The monoisotopic (exact) mass is 418 g/mol. The van der Waals surface area contributed by atoms with Crippen molar-refractivity contribution in [1.29, 1.82) is 0 Å². The number of hydrogen-bond acceptors (Lipinski definition) is 3. The molecule has 4 nitrogen and oxygen atoms in total. The standard InChI is InChI=1S/C19H19BrN2O2S/c20-16-8-4-5-9-17(16)22-12-10-15(19(22)24)18(23)21-11-13-25-14-6-2-1-3-7-14/h1-9,15H,10-13H2,(H,21,23). The number of anilines is 1. The first-order valence-electron chi connectivity index (χ1n) is 8.18. The van der Waals surface area contributed by atoms with Crippen LogP contribution >= 0.6 is 27.7 Å². The number of hydrogen-bond donors (Lipinski definition) is 1. The summed E-state index contributed by atoms with van der Waals surface area (Å²) in [7, 11) is 0. The van der Waals surface area contributed by atoms with Crippen LogP contribution in [0.1, 0.15) is 6.42 Å². The minimum atomic E-state index is -0.589. The first kappa shape index (κ1) is 18.0. The Bertz CT molecular complexity index is 754. The van der Waals surface area contributed by atoms with Gasteiger partial charge in [0.05, 0.1) is 5.69 Å². The highest BCUT2D eigenvalue weighted by molar-refractivity contribution is 9.10. The molecule has 0 aromatic heterocycles. The Labute approximate surface area is 160 Å². The summed E-state index contributed by atoms with van der Waals surface area (Å²) in [6, 6.07) is 17.6. The van der Waals surface area contributed by atoms with Gasteiger partial charge in [0.25, 0.3) is 0 Å². The zero-order valence-electron chi connectivity index (χ0n) is 13.7. The first-order valence-corrected chi connectivity index (χ1v) is 9.96. The molecule has 2 amide bonds. The average molecular weight is 419 g/mol. The van der Waals surface area contributed by atoms with E-state index in [1.165, 1.54) is 4.90 Å². The molecule has 1 unspecified atom stereocenters. The lowest BCUT2D eigenvalue weighted by atomic mass is 10.1. The quantitative estimate of drug-likeness (QED) is 0.441. The van der Waals surface area contributed by atoms with Crippen LogP contribution in [0.4, 0.5) is 5.69 Å². The summed E-state index contributed by atoms with van der Waals surface area (Å²) in [5.41, 5.74) is 0.822. The van der Waals surface area contributed by atoms with Gasteiger partial charge in [-0.25, -0.2) is 0 Å². The molecule has 1 N–H and O–H groups in total. The van der Waals surface area contributed by atoms with Crippen LogP contribution < -0.4 is 10.2 Å². The summed E-state index contributed by atoms with van der Waals surface area (Å²) in [6.07, 6.45) is 0.553. The molecule has 2 aromatic carbocycles. The summed E-state index contributed by atoms with van der Waals surface area (Å²) in [5, 5.41) is 2.89. The van der Waals surface area contributed by atoms with Crippen LogP contribution in [0.2, 0.25) is 0 Å². The predicted octanol–water partition coefficient (Wildman–Crippen LogP) is 3.71. The molecule has 25 heavy (non-hydrogen) atoms. The average Bonchev–Trinajstić information content (AvgIpc) is 3.01.